The largest absolute Gasteiger partial charge is 0.493 e. The Kier molecular flexibility index (Phi) is 6.31. The summed E-state index contributed by atoms with van der Waals surface area (Å²) < 4.78 is 18.2. The third-order valence-corrected chi connectivity index (χ3v) is 5.40. The van der Waals surface area contributed by atoms with Gasteiger partial charge in [0.15, 0.2) is 11.5 Å². The zero-order valence-corrected chi connectivity index (χ0v) is 18.4. The minimum absolute atomic E-state index is 0.0858. The lowest BCUT2D eigenvalue weighted by molar-refractivity contribution is -0.121. The van der Waals surface area contributed by atoms with Gasteiger partial charge in [0, 0.05) is 23.1 Å². The number of methoxy groups -OCH3 is 3. The van der Waals surface area contributed by atoms with E-state index in [0.29, 0.717) is 23.8 Å². The Bertz CT molecular complexity index is 1210. The predicted molar refractivity (Wildman–Crippen MR) is 125 cm³/mol. The molecule has 0 unspecified atom stereocenters. The molecule has 6 heteroatoms. The first-order valence-electron chi connectivity index (χ1n) is 10.3. The van der Waals surface area contributed by atoms with Gasteiger partial charge < -0.3 is 24.1 Å². The monoisotopic (exact) mass is 430 g/mol. The van der Waals surface area contributed by atoms with Crippen molar-refractivity contribution in [3.63, 3.8) is 0 Å². The minimum atomic E-state index is -0.0858. The van der Waals surface area contributed by atoms with Gasteiger partial charge in [-0.05, 0) is 35.4 Å². The number of aromatic nitrogens is 1. The van der Waals surface area contributed by atoms with Crippen LogP contribution in [0.5, 0.6) is 17.2 Å². The number of para-hydroxylation sites is 1. The van der Waals surface area contributed by atoms with Crippen LogP contribution in [0.4, 0.5) is 0 Å². The van der Waals surface area contributed by atoms with Crippen LogP contribution in [0, 0.1) is 0 Å². The van der Waals surface area contributed by atoms with E-state index in [9.17, 15) is 4.79 Å². The topological polar surface area (TPSA) is 61.7 Å². The summed E-state index contributed by atoms with van der Waals surface area (Å²) in [6, 6.07) is 24.0. The van der Waals surface area contributed by atoms with Crippen LogP contribution in [-0.4, -0.2) is 31.8 Å². The summed E-state index contributed by atoms with van der Waals surface area (Å²) in [6.45, 7) is 0.553. The van der Waals surface area contributed by atoms with Gasteiger partial charge in [0.1, 0.15) is 6.54 Å². The summed E-state index contributed by atoms with van der Waals surface area (Å²) in [5, 5.41) is 4.11. The highest BCUT2D eigenvalue weighted by molar-refractivity contribution is 5.89. The molecule has 1 heterocycles. The Labute approximate surface area is 187 Å². The molecule has 6 nitrogen and oxygen atoms in total. The van der Waals surface area contributed by atoms with Gasteiger partial charge in [0.2, 0.25) is 11.7 Å². The van der Waals surface area contributed by atoms with E-state index in [0.717, 1.165) is 27.7 Å². The molecule has 0 fully saturated rings. The molecule has 3 aromatic carbocycles. The molecule has 32 heavy (non-hydrogen) atoms. The maximum absolute atomic E-state index is 12.9. The van der Waals surface area contributed by atoms with Gasteiger partial charge in [-0.25, -0.2) is 0 Å². The van der Waals surface area contributed by atoms with Crippen LogP contribution in [0.25, 0.3) is 22.2 Å². The van der Waals surface area contributed by atoms with E-state index in [4.69, 9.17) is 14.2 Å². The van der Waals surface area contributed by atoms with Crippen LogP contribution in [0.2, 0.25) is 0 Å². The summed E-state index contributed by atoms with van der Waals surface area (Å²) >= 11 is 0. The first kappa shape index (κ1) is 21.3. The second-order valence-corrected chi connectivity index (χ2v) is 7.35. The van der Waals surface area contributed by atoms with Crippen LogP contribution in [0.15, 0.2) is 72.8 Å². The van der Waals surface area contributed by atoms with Crippen LogP contribution >= 0.6 is 0 Å². The van der Waals surface area contributed by atoms with E-state index >= 15 is 0 Å². The fourth-order valence-electron chi connectivity index (χ4n) is 3.87. The number of fused-ring (bicyclic) bond motifs is 1. The molecule has 0 radical (unpaired) electrons. The Hall–Kier alpha value is -3.93. The SMILES string of the molecule is COc1cc(CNC(=O)Cn2c(-c3ccccc3)cc3ccccc32)cc(OC)c1OC. The lowest BCUT2D eigenvalue weighted by Gasteiger charge is -2.15. The van der Waals surface area contributed by atoms with Crippen molar-refractivity contribution in [3.05, 3.63) is 78.4 Å². The number of benzene rings is 3. The molecule has 0 saturated carbocycles. The Morgan fingerprint density at radius 2 is 1.50 bits per heavy atom. The molecule has 4 aromatic rings. The van der Waals surface area contributed by atoms with Crippen molar-refractivity contribution >= 4 is 16.8 Å². The maximum Gasteiger partial charge on any atom is 0.240 e. The fraction of sp³-hybridized carbons (Fsp3) is 0.192. The normalized spacial score (nSPS) is 10.7. The van der Waals surface area contributed by atoms with E-state index in [1.165, 1.54) is 0 Å². The average Bonchev–Trinajstić information content (AvgIpc) is 3.20. The average molecular weight is 431 g/mol. The Morgan fingerprint density at radius 1 is 0.844 bits per heavy atom. The number of amides is 1. The van der Waals surface area contributed by atoms with Gasteiger partial charge in [0.25, 0.3) is 0 Å². The lowest BCUT2D eigenvalue weighted by atomic mass is 10.1. The molecule has 0 aliphatic rings. The van der Waals surface area contributed by atoms with E-state index < -0.39 is 0 Å². The van der Waals surface area contributed by atoms with Gasteiger partial charge in [-0.3, -0.25) is 4.79 Å². The fourth-order valence-corrected chi connectivity index (χ4v) is 3.87. The molecule has 0 atom stereocenters. The molecule has 0 spiro atoms. The molecule has 1 amide bonds. The van der Waals surface area contributed by atoms with E-state index in [-0.39, 0.29) is 12.5 Å². The summed E-state index contributed by atoms with van der Waals surface area (Å²) in [7, 11) is 4.71. The van der Waals surface area contributed by atoms with Crippen molar-refractivity contribution in [2.24, 2.45) is 0 Å². The smallest absolute Gasteiger partial charge is 0.240 e. The van der Waals surface area contributed by atoms with E-state index in [2.05, 4.69) is 34.1 Å². The predicted octanol–water partition coefficient (Wildman–Crippen LogP) is 4.65. The first-order valence-corrected chi connectivity index (χ1v) is 10.3. The molecule has 0 saturated heterocycles. The van der Waals surface area contributed by atoms with Crippen LogP contribution in [-0.2, 0) is 17.9 Å². The number of nitrogens with one attached hydrogen (secondary N) is 1. The molecule has 1 N–H and O–H groups in total. The van der Waals surface area contributed by atoms with E-state index in [1.54, 1.807) is 21.3 Å². The third-order valence-electron chi connectivity index (χ3n) is 5.40. The van der Waals surface area contributed by atoms with Crippen LogP contribution < -0.4 is 19.5 Å². The van der Waals surface area contributed by atoms with Gasteiger partial charge in [0.05, 0.1) is 21.3 Å². The molecule has 1 aromatic heterocycles. The second-order valence-electron chi connectivity index (χ2n) is 7.35. The van der Waals surface area contributed by atoms with Gasteiger partial charge in [-0.1, -0.05) is 48.5 Å². The zero-order chi connectivity index (χ0) is 22.5. The summed E-state index contributed by atoms with van der Waals surface area (Å²) in [4.78, 5) is 12.9. The highest BCUT2D eigenvalue weighted by Crippen LogP contribution is 2.38. The van der Waals surface area contributed by atoms with Crippen molar-refractivity contribution in [2.75, 3.05) is 21.3 Å². The van der Waals surface area contributed by atoms with Crippen LogP contribution in [0.1, 0.15) is 5.56 Å². The number of ether oxygens (including phenoxy) is 3. The zero-order valence-electron chi connectivity index (χ0n) is 18.4. The number of rotatable bonds is 8. The second kappa shape index (κ2) is 9.47. The first-order chi connectivity index (χ1) is 15.6. The van der Waals surface area contributed by atoms with Crippen molar-refractivity contribution in [1.29, 1.82) is 0 Å². The molecule has 164 valence electrons. The number of nitrogens with zero attached hydrogens (tertiary/aromatic N) is 1. The Morgan fingerprint density at radius 3 is 2.16 bits per heavy atom. The lowest BCUT2D eigenvalue weighted by Crippen LogP contribution is -2.27. The molecule has 0 aliphatic heterocycles. The van der Waals surface area contributed by atoms with E-state index in [1.807, 2.05) is 48.5 Å². The van der Waals surface area contributed by atoms with Gasteiger partial charge in [-0.15, -0.1) is 0 Å². The number of carbonyl (C=O) groups excluding carboxylic acids is 1. The number of carbonyl (C=O) groups is 1. The van der Waals surface area contributed by atoms with Gasteiger partial charge in [-0.2, -0.15) is 0 Å². The Balaban J connectivity index is 1.57. The van der Waals surface area contributed by atoms with Crippen molar-refractivity contribution in [1.82, 2.24) is 9.88 Å². The quantitative estimate of drug-likeness (QED) is 0.442. The van der Waals surface area contributed by atoms with Crippen molar-refractivity contribution in [3.8, 4) is 28.5 Å². The molecular weight excluding hydrogens is 404 g/mol. The summed E-state index contributed by atoms with van der Waals surface area (Å²) in [6.07, 6.45) is 0. The number of hydrogen-bond donors (Lipinski definition) is 1. The third kappa shape index (κ3) is 4.25. The van der Waals surface area contributed by atoms with Crippen molar-refractivity contribution < 1.29 is 19.0 Å². The number of hydrogen-bond acceptors (Lipinski definition) is 4. The summed E-state index contributed by atoms with van der Waals surface area (Å²) in [5.74, 6) is 1.55. The standard InChI is InChI=1S/C26H26N2O4/c1-30-23-13-18(14-24(31-2)26(23)32-3)16-27-25(29)17-28-21-12-8-7-11-20(21)15-22(28)19-9-5-4-6-10-19/h4-15H,16-17H2,1-3H3,(H,27,29). The highest BCUT2D eigenvalue weighted by atomic mass is 16.5. The highest BCUT2D eigenvalue weighted by Gasteiger charge is 2.15. The van der Waals surface area contributed by atoms with Crippen LogP contribution in [0.3, 0.4) is 0 Å². The maximum atomic E-state index is 12.9. The van der Waals surface area contributed by atoms with Crippen molar-refractivity contribution in [2.45, 2.75) is 13.1 Å². The van der Waals surface area contributed by atoms with Gasteiger partial charge >= 0.3 is 0 Å². The molecule has 0 bridgehead atoms. The molecule has 0 aliphatic carbocycles. The molecular formula is C26H26N2O4. The molecule has 4 rings (SSSR count). The minimum Gasteiger partial charge on any atom is -0.493 e. The summed E-state index contributed by atoms with van der Waals surface area (Å²) in [5.41, 5.74) is 3.96.